The minimum absolute atomic E-state index is 0.126. The van der Waals surface area contributed by atoms with Gasteiger partial charge in [0.05, 0.1) is 6.20 Å². The molecule has 4 rings (SSSR count). The summed E-state index contributed by atoms with van der Waals surface area (Å²) in [6.45, 7) is 9.26. The molecule has 0 atom stereocenters. The van der Waals surface area contributed by atoms with E-state index in [1.54, 1.807) is 6.20 Å². The van der Waals surface area contributed by atoms with Gasteiger partial charge in [0.1, 0.15) is 5.75 Å². The molecule has 30 heavy (non-hydrogen) atoms. The minimum atomic E-state index is 0.126. The summed E-state index contributed by atoms with van der Waals surface area (Å²) < 4.78 is 5.95. The Morgan fingerprint density at radius 1 is 1.07 bits per heavy atom. The first kappa shape index (κ1) is 20.8. The van der Waals surface area contributed by atoms with E-state index in [1.807, 2.05) is 30.5 Å². The van der Waals surface area contributed by atoms with E-state index in [0.29, 0.717) is 11.2 Å². The highest BCUT2D eigenvalue weighted by Gasteiger charge is 2.44. The van der Waals surface area contributed by atoms with Crippen molar-refractivity contribution in [2.45, 2.75) is 57.7 Å². The van der Waals surface area contributed by atoms with Gasteiger partial charge in [-0.2, -0.15) is 5.10 Å². The highest BCUT2D eigenvalue weighted by atomic mass is 32.1. The smallest absolute Gasteiger partial charge is 0.301 e. The van der Waals surface area contributed by atoms with Crippen molar-refractivity contribution < 1.29 is 4.74 Å². The number of anilines is 1. The third-order valence-corrected chi connectivity index (χ3v) is 7.31. The maximum absolute atomic E-state index is 5.95. The second-order valence-electron chi connectivity index (χ2n) is 9.32. The predicted molar refractivity (Wildman–Crippen MR) is 121 cm³/mol. The summed E-state index contributed by atoms with van der Waals surface area (Å²) in [6.07, 6.45) is 5.83. The van der Waals surface area contributed by atoms with Gasteiger partial charge in [-0.15, -0.1) is 5.10 Å². The van der Waals surface area contributed by atoms with Gasteiger partial charge in [0.2, 0.25) is 5.13 Å². The number of hydrogen-bond donors (Lipinski definition) is 1. The van der Waals surface area contributed by atoms with Crippen molar-refractivity contribution in [3.63, 3.8) is 0 Å². The lowest BCUT2D eigenvalue weighted by atomic mass is 9.77. The number of nitrogens with one attached hydrogen (secondary N) is 1. The van der Waals surface area contributed by atoms with Gasteiger partial charge < -0.3 is 9.64 Å². The summed E-state index contributed by atoms with van der Waals surface area (Å²) in [4.78, 5) is 4.76. The minimum Gasteiger partial charge on any atom is -0.430 e. The van der Waals surface area contributed by atoms with Crippen LogP contribution in [0.25, 0.3) is 11.1 Å². The van der Waals surface area contributed by atoms with Crippen LogP contribution in [-0.4, -0.2) is 56.5 Å². The van der Waals surface area contributed by atoms with Crippen molar-refractivity contribution in [2.75, 3.05) is 19.0 Å². The van der Waals surface area contributed by atoms with Crippen molar-refractivity contribution in [3.05, 3.63) is 36.7 Å². The van der Waals surface area contributed by atoms with Crippen LogP contribution in [0.3, 0.4) is 0 Å². The molecule has 1 aliphatic heterocycles. The van der Waals surface area contributed by atoms with E-state index in [4.69, 9.17) is 4.74 Å². The molecule has 1 N–H and O–H groups in total. The number of rotatable bonds is 5. The van der Waals surface area contributed by atoms with Crippen LogP contribution in [0.15, 0.2) is 36.7 Å². The van der Waals surface area contributed by atoms with Gasteiger partial charge in [-0.3, -0.25) is 10.00 Å². The largest absolute Gasteiger partial charge is 0.430 e. The van der Waals surface area contributed by atoms with Crippen LogP contribution < -0.4 is 9.64 Å². The molecule has 0 bridgehead atoms. The topological polar surface area (TPSA) is 70.2 Å². The SMILES string of the molecule is CN(c1nnc(Oc2ccc(-c3cn[nH]c3)cc2)s1)C1CC(C)(C)N(C)C(C)(C)C1. The first-order valence-electron chi connectivity index (χ1n) is 10.2. The molecule has 0 amide bonds. The third-order valence-electron chi connectivity index (χ3n) is 6.42. The molecule has 0 aliphatic carbocycles. The van der Waals surface area contributed by atoms with E-state index in [9.17, 15) is 0 Å². The molecule has 7 nitrogen and oxygen atoms in total. The summed E-state index contributed by atoms with van der Waals surface area (Å²) in [7, 11) is 4.34. The number of benzene rings is 1. The van der Waals surface area contributed by atoms with Gasteiger partial charge in [0.15, 0.2) is 0 Å². The Bertz CT molecular complexity index is 961. The van der Waals surface area contributed by atoms with Gasteiger partial charge in [-0.25, -0.2) is 0 Å². The highest BCUT2D eigenvalue weighted by molar-refractivity contribution is 7.17. The van der Waals surface area contributed by atoms with Crippen molar-refractivity contribution in [1.82, 2.24) is 25.3 Å². The molecule has 1 aliphatic rings. The first-order chi connectivity index (χ1) is 14.2. The van der Waals surface area contributed by atoms with Crippen molar-refractivity contribution in [3.8, 4) is 22.1 Å². The second kappa shape index (κ2) is 7.67. The second-order valence-corrected chi connectivity index (χ2v) is 10.2. The fourth-order valence-corrected chi connectivity index (χ4v) is 5.11. The predicted octanol–water partition coefficient (Wildman–Crippen LogP) is 4.81. The first-order valence-corrected chi connectivity index (χ1v) is 11.0. The quantitative estimate of drug-likeness (QED) is 0.631. The molecular formula is C22H30N6OS. The summed E-state index contributed by atoms with van der Waals surface area (Å²) in [5.74, 6) is 0.745. The number of hydrogen-bond acceptors (Lipinski definition) is 7. The van der Waals surface area contributed by atoms with E-state index in [2.05, 4.69) is 72.0 Å². The Balaban J connectivity index is 1.45. The van der Waals surface area contributed by atoms with E-state index < -0.39 is 0 Å². The molecule has 1 saturated heterocycles. The molecule has 160 valence electrons. The molecule has 0 saturated carbocycles. The Morgan fingerprint density at radius 2 is 1.73 bits per heavy atom. The zero-order chi connectivity index (χ0) is 21.5. The summed E-state index contributed by atoms with van der Waals surface area (Å²) >= 11 is 1.49. The number of nitrogens with zero attached hydrogens (tertiary/aromatic N) is 5. The molecule has 3 aromatic rings. The van der Waals surface area contributed by atoms with E-state index in [0.717, 1.165) is 34.8 Å². The van der Waals surface area contributed by atoms with Crippen molar-refractivity contribution in [2.24, 2.45) is 0 Å². The van der Waals surface area contributed by atoms with Gasteiger partial charge in [0, 0.05) is 35.9 Å². The van der Waals surface area contributed by atoms with Crippen LogP contribution in [-0.2, 0) is 0 Å². The summed E-state index contributed by atoms with van der Waals surface area (Å²) in [6, 6.07) is 8.30. The number of ether oxygens (including phenoxy) is 1. The number of likely N-dealkylation sites (tertiary alicyclic amines) is 1. The summed E-state index contributed by atoms with van der Waals surface area (Å²) in [5.41, 5.74) is 2.38. The lowest BCUT2D eigenvalue weighted by Gasteiger charge is -2.55. The van der Waals surface area contributed by atoms with Crippen LogP contribution in [0.4, 0.5) is 5.13 Å². The Hall–Kier alpha value is -2.45. The van der Waals surface area contributed by atoms with E-state index in [-0.39, 0.29) is 11.1 Å². The number of H-pyrrole nitrogens is 1. The van der Waals surface area contributed by atoms with Gasteiger partial charge in [-0.1, -0.05) is 17.2 Å². The Morgan fingerprint density at radius 3 is 2.33 bits per heavy atom. The molecular weight excluding hydrogens is 396 g/mol. The fraction of sp³-hybridized carbons (Fsp3) is 0.500. The molecule has 1 aromatic carbocycles. The maximum atomic E-state index is 5.95. The average Bonchev–Trinajstić information content (AvgIpc) is 3.38. The van der Waals surface area contributed by atoms with Crippen molar-refractivity contribution in [1.29, 1.82) is 0 Å². The lowest BCUT2D eigenvalue weighted by Crippen LogP contribution is -2.62. The molecule has 1 fully saturated rings. The van der Waals surface area contributed by atoms with Crippen molar-refractivity contribution >= 4 is 16.5 Å². The molecule has 0 unspecified atom stereocenters. The monoisotopic (exact) mass is 426 g/mol. The number of aromatic amines is 1. The van der Waals surface area contributed by atoms with Gasteiger partial charge >= 0.3 is 5.19 Å². The van der Waals surface area contributed by atoms with Gasteiger partial charge in [-0.05, 0) is 76.6 Å². The van der Waals surface area contributed by atoms with Crippen LogP contribution in [0.2, 0.25) is 0 Å². The summed E-state index contributed by atoms with van der Waals surface area (Å²) in [5, 5.41) is 16.9. The van der Waals surface area contributed by atoms with Crippen LogP contribution in [0, 0.1) is 0 Å². The maximum Gasteiger partial charge on any atom is 0.301 e. The Kier molecular flexibility index (Phi) is 5.32. The average molecular weight is 427 g/mol. The highest BCUT2D eigenvalue weighted by Crippen LogP contribution is 2.41. The van der Waals surface area contributed by atoms with Crippen LogP contribution in [0.5, 0.6) is 10.9 Å². The Labute approximate surface area is 182 Å². The van der Waals surface area contributed by atoms with Crippen LogP contribution in [0.1, 0.15) is 40.5 Å². The molecule has 8 heteroatoms. The van der Waals surface area contributed by atoms with E-state index >= 15 is 0 Å². The van der Waals surface area contributed by atoms with E-state index in [1.165, 1.54) is 11.3 Å². The lowest BCUT2D eigenvalue weighted by molar-refractivity contribution is -0.0119. The number of piperidine rings is 1. The molecule has 3 heterocycles. The van der Waals surface area contributed by atoms with Gasteiger partial charge in [0.25, 0.3) is 0 Å². The molecule has 2 aromatic heterocycles. The molecule has 0 spiro atoms. The third kappa shape index (κ3) is 4.06. The molecule has 0 radical (unpaired) electrons. The normalized spacial score (nSPS) is 19.0. The van der Waals surface area contributed by atoms with Crippen LogP contribution >= 0.6 is 11.3 Å². The zero-order valence-electron chi connectivity index (χ0n) is 18.5. The number of aromatic nitrogens is 4. The zero-order valence-corrected chi connectivity index (χ0v) is 19.3. The standard InChI is InChI=1S/C22H30N6OS/c1-21(2)11-17(12-22(3,4)28(21)6)27(5)19-25-26-20(30-19)29-18-9-7-15(8-10-18)16-13-23-24-14-16/h7-10,13-14,17H,11-12H2,1-6H3,(H,23,24). The fourth-order valence-electron chi connectivity index (χ4n) is 4.36.